The van der Waals surface area contributed by atoms with E-state index in [1.54, 1.807) is 6.20 Å². The quantitative estimate of drug-likeness (QED) is 0.767. The summed E-state index contributed by atoms with van der Waals surface area (Å²) < 4.78 is 40.9. The van der Waals surface area contributed by atoms with Crippen LogP contribution in [0.4, 0.5) is 30.6 Å². The van der Waals surface area contributed by atoms with E-state index in [1.807, 2.05) is 16.5 Å². The lowest BCUT2D eigenvalue weighted by Crippen LogP contribution is -2.40. The lowest BCUT2D eigenvalue weighted by molar-refractivity contribution is -0.137. The second-order valence-electron chi connectivity index (χ2n) is 7.75. The van der Waals surface area contributed by atoms with Crippen LogP contribution in [0.3, 0.4) is 0 Å². The predicted molar refractivity (Wildman–Crippen MR) is 104 cm³/mol. The van der Waals surface area contributed by atoms with Crippen LogP contribution in [0.1, 0.15) is 43.0 Å². The minimum Gasteiger partial charge on any atom is -0.372 e. The monoisotopic (exact) mass is 423 g/mol. The molecular formula is C19H24F3N7O. The minimum atomic E-state index is -4.53. The van der Waals surface area contributed by atoms with E-state index in [0.29, 0.717) is 5.69 Å². The molecule has 11 heteroatoms. The number of hydrogen-bond donors (Lipinski definition) is 2. The normalized spacial score (nSPS) is 17.8. The number of piperidine rings is 1. The summed E-state index contributed by atoms with van der Waals surface area (Å²) in [7, 11) is 1.38. The van der Waals surface area contributed by atoms with Gasteiger partial charge in [0, 0.05) is 32.3 Å². The van der Waals surface area contributed by atoms with Crippen molar-refractivity contribution in [3.05, 3.63) is 23.7 Å². The van der Waals surface area contributed by atoms with Crippen molar-refractivity contribution in [1.29, 1.82) is 0 Å². The zero-order valence-electron chi connectivity index (χ0n) is 16.8. The Bertz CT molecular complexity index is 931. The summed E-state index contributed by atoms with van der Waals surface area (Å²) in [6.45, 7) is 3.32. The van der Waals surface area contributed by atoms with E-state index in [2.05, 4.69) is 25.7 Å². The fourth-order valence-electron chi connectivity index (χ4n) is 3.79. The summed E-state index contributed by atoms with van der Waals surface area (Å²) in [6.07, 6.45) is 1.50. The molecule has 0 radical (unpaired) electrons. The Labute approximate surface area is 171 Å². The van der Waals surface area contributed by atoms with Crippen molar-refractivity contribution in [1.82, 2.24) is 24.6 Å². The van der Waals surface area contributed by atoms with E-state index in [9.17, 15) is 18.0 Å². The van der Waals surface area contributed by atoms with Crippen LogP contribution in [0.15, 0.2) is 12.4 Å². The van der Waals surface area contributed by atoms with Crippen molar-refractivity contribution in [2.24, 2.45) is 5.92 Å². The topological polar surface area (TPSA) is 88.0 Å². The highest BCUT2D eigenvalue weighted by Crippen LogP contribution is 2.35. The molecule has 30 heavy (non-hydrogen) atoms. The number of rotatable bonds is 5. The van der Waals surface area contributed by atoms with Gasteiger partial charge in [0.25, 0.3) is 0 Å². The molecule has 2 fully saturated rings. The Morgan fingerprint density at radius 2 is 1.87 bits per heavy atom. The molecule has 4 rings (SSSR count). The number of hydrogen-bond acceptors (Lipinski definition) is 6. The minimum absolute atomic E-state index is 0.0554. The molecular weight excluding hydrogens is 399 g/mol. The maximum Gasteiger partial charge on any atom is 0.421 e. The first kappa shape index (κ1) is 20.4. The summed E-state index contributed by atoms with van der Waals surface area (Å²) in [5.41, 5.74) is 0.556. The van der Waals surface area contributed by atoms with Gasteiger partial charge in [-0.2, -0.15) is 23.3 Å². The van der Waals surface area contributed by atoms with E-state index in [0.717, 1.165) is 50.7 Å². The van der Waals surface area contributed by atoms with Crippen molar-refractivity contribution in [2.75, 3.05) is 30.8 Å². The molecule has 1 saturated carbocycles. The maximum atomic E-state index is 13.0. The van der Waals surface area contributed by atoms with Gasteiger partial charge in [0.1, 0.15) is 11.4 Å². The lowest BCUT2D eigenvalue weighted by atomic mass is 10.0. The molecule has 162 valence electrons. The first-order chi connectivity index (χ1) is 14.3. The number of aromatic nitrogens is 4. The summed E-state index contributed by atoms with van der Waals surface area (Å²) in [5, 5.41) is 9.87. The van der Waals surface area contributed by atoms with Crippen molar-refractivity contribution in [2.45, 2.75) is 44.8 Å². The van der Waals surface area contributed by atoms with E-state index in [1.165, 1.54) is 7.05 Å². The van der Waals surface area contributed by atoms with Gasteiger partial charge in [-0.3, -0.25) is 9.48 Å². The Balaban J connectivity index is 1.44. The van der Waals surface area contributed by atoms with Crippen LogP contribution < -0.4 is 10.6 Å². The van der Waals surface area contributed by atoms with E-state index >= 15 is 0 Å². The highest BCUT2D eigenvalue weighted by atomic mass is 19.4. The number of nitrogens with zero attached hydrogens (tertiary/aromatic N) is 5. The number of amides is 1. The van der Waals surface area contributed by atoms with Gasteiger partial charge in [-0.1, -0.05) is 0 Å². The van der Waals surface area contributed by atoms with Gasteiger partial charge in [-0.15, -0.1) is 0 Å². The highest BCUT2D eigenvalue weighted by molar-refractivity contribution is 5.81. The Hall–Kier alpha value is -2.85. The number of likely N-dealkylation sites (tertiary alicyclic amines) is 1. The van der Waals surface area contributed by atoms with Gasteiger partial charge < -0.3 is 15.5 Å². The van der Waals surface area contributed by atoms with Crippen molar-refractivity contribution in [3.63, 3.8) is 0 Å². The van der Waals surface area contributed by atoms with Gasteiger partial charge in [0.2, 0.25) is 11.9 Å². The van der Waals surface area contributed by atoms with Crippen LogP contribution in [0.2, 0.25) is 0 Å². The average Bonchev–Trinajstić information content (AvgIpc) is 3.51. The molecule has 0 atom stereocenters. The molecule has 1 aliphatic heterocycles. The van der Waals surface area contributed by atoms with Gasteiger partial charge in [0.05, 0.1) is 23.6 Å². The number of anilines is 3. The standard InChI is InChI=1S/C19H24F3N7O/c1-11-15(26-18-24-9-14(19(20,21)22)16(23-2)27-18)10-25-29(11)13-5-7-28(8-6-13)17(30)12-3-4-12/h9-10,12-13H,3-8H2,1-2H3,(H2,23,24,26,27). The third-order valence-electron chi connectivity index (χ3n) is 5.67. The number of alkyl halides is 3. The van der Waals surface area contributed by atoms with Gasteiger partial charge in [-0.05, 0) is 32.6 Å². The second-order valence-corrected chi connectivity index (χ2v) is 7.75. The largest absolute Gasteiger partial charge is 0.421 e. The molecule has 2 aromatic heterocycles. The second kappa shape index (κ2) is 7.77. The van der Waals surface area contributed by atoms with E-state index < -0.39 is 11.7 Å². The van der Waals surface area contributed by atoms with Crippen molar-refractivity contribution < 1.29 is 18.0 Å². The molecule has 0 unspecified atom stereocenters. The molecule has 3 heterocycles. The summed E-state index contributed by atoms with van der Waals surface area (Å²) in [4.78, 5) is 21.9. The number of carbonyl (C=O) groups is 1. The number of halogens is 3. The lowest BCUT2D eigenvalue weighted by Gasteiger charge is -2.32. The fourth-order valence-corrected chi connectivity index (χ4v) is 3.79. The zero-order chi connectivity index (χ0) is 21.5. The van der Waals surface area contributed by atoms with Crippen molar-refractivity contribution in [3.8, 4) is 0 Å². The van der Waals surface area contributed by atoms with Crippen molar-refractivity contribution >= 4 is 23.4 Å². The number of carbonyl (C=O) groups excluding carboxylic acids is 1. The summed E-state index contributed by atoms with van der Waals surface area (Å²) in [6, 6.07) is 0.171. The maximum absolute atomic E-state index is 13.0. The van der Waals surface area contributed by atoms with Crippen LogP contribution >= 0.6 is 0 Å². The Kier molecular flexibility index (Phi) is 5.29. The van der Waals surface area contributed by atoms with Crippen LogP contribution in [0.25, 0.3) is 0 Å². The SMILES string of the molecule is CNc1nc(Nc2cnn(C3CCN(C(=O)C4CC4)CC3)c2C)ncc1C(F)(F)F. The molecule has 1 saturated heterocycles. The number of nitrogens with one attached hydrogen (secondary N) is 2. The van der Waals surface area contributed by atoms with Crippen LogP contribution in [0, 0.1) is 12.8 Å². The Morgan fingerprint density at radius 3 is 2.47 bits per heavy atom. The van der Waals surface area contributed by atoms with Crippen LogP contribution in [0.5, 0.6) is 0 Å². The molecule has 2 aliphatic rings. The van der Waals surface area contributed by atoms with Crippen LogP contribution in [-0.2, 0) is 11.0 Å². The zero-order valence-corrected chi connectivity index (χ0v) is 16.8. The molecule has 2 N–H and O–H groups in total. The molecule has 1 amide bonds. The summed E-state index contributed by atoms with van der Waals surface area (Å²) >= 11 is 0. The average molecular weight is 423 g/mol. The molecule has 0 bridgehead atoms. The first-order valence-corrected chi connectivity index (χ1v) is 10.00. The highest BCUT2D eigenvalue weighted by Gasteiger charge is 2.36. The predicted octanol–water partition coefficient (Wildman–Crippen LogP) is 3.36. The fraction of sp³-hybridized carbons (Fsp3) is 0.579. The van der Waals surface area contributed by atoms with E-state index in [4.69, 9.17) is 0 Å². The summed E-state index contributed by atoms with van der Waals surface area (Å²) in [5.74, 6) is 0.264. The molecule has 0 aromatic carbocycles. The van der Waals surface area contributed by atoms with Gasteiger partial charge >= 0.3 is 6.18 Å². The molecule has 1 aliphatic carbocycles. The molecule has 8 nitrogen and oxygen atoms in total. The molecule has 2 aromatic rings. The van der Waals surface area contributed by atoms with Crippen LogP contribution in [-0.4, -0.2) is 50.7 Å². The first-order valence-electron chi connectivity index (χ1n) is 10.00. The van der Waals surface area contributed by atoms with E-state index in [-0.39, 0.29) is 29.6 Å². The van der Waals surface area contributed by atoms with Gasteiger partial charge in [-0.25, -0.2) is 4.98 Å². The third kappa shape index (κ3) is 4.05. The smallest absolute Gasteiger partial charge is 0.372 e. The third-order valence-corrected chi connectivity index (χ3v) is 5.67. The van der Waals surface area contributed by atoms with Gasteiger partial charge in [0.15, 0.2) is 0 Å². The Morgan fingerprint density at radius 1 is 1.17 bits per heavy atom. The molecule has 0 spiro atoms.